The van der Waals surface area contributed by atoms with Crippen molar-refractivity contribution in [2.24, 2.45) is 10.2 Å². The molecule has 0 unspecified atom stereocenters. The maximum absolute atomic E-state index is 3.36. The molecule has 0 aliphatic carbocycles. The first-order valence-corrected chi connectivity index (χ1v) is 1.09. The first kappa shape index (κ1) is 3.60. The first-order chi connectivity index (χ1) is 1.91. The van der Waals surface area contributed by atoms with E-state index in [1.807, 2.05) is 0 Å². The maximum Gasteiger partial charge on any atom is 0.0487 e. The Kier molecular flexibility index (Phi) is 2.34. The van der Waals surface area contributed by atoms with E-state index < -0.39 is 0 Å². The van der Waals surface area contributed by atoms with Crippen molar-refractivity contribution < 1.29 is 0 Å². The molecule has 0 amide bonds. The molecule has 0 heterocycles. The van der Waals surface area contributed by atoms with Crippen molar-refractivity contribution in [1.82, 2.24) is 0 Å². The van der Waals surface area contributed by atoms with Crippen molar-refractivity contribution in [3.63, 3.8) is 0 Å². The minimum atomic E-state index is 1.64. The van der Waals surface area contributed by atoms with Crippen LogP contribution in [-0.2, 0) is 0 Å². The van der Waals surface area contributed by atoms with Gasteiger partial charge < -0.3 is 0 Å². The lowest BCUT2D eigenvalue weighted by atomic mass is 11.5. The number of hydrogen-bond donors (Lipinski definition) is 0. The fourth-order valence-corrected chi connectivity index (χ4v) is 0. The highest BCUT2D eigenvalue weighted by Gasteiger charge is 1.31. The summed E-state index contributed by atoms with van der Waals surface area (Å²) in [5.74, 6) is 0. The molecule has 0 aliphatic heterocycles. The van der Waals surface area contributed by atoms with Crippen LogP contribution in [0.1, 0.15) is 0 Å². The van der Waals surface area contributed by atoms with Crippen LogP contribution in [0, 0.1) is 0 Å². The highest BCUT2D eigenvalue weighted by molar-refractivity contribution is 3.96. The van der Waals surface area contributed by atoms with Gasteiger partial charge in [0.05, 0.1) is 0 Å². The normalized spacial score (nSPS) is 9.50. The molecule has 0 atom stereocenters. The third-order valence-corrected chi connectivity index (χ3v) is 0.200. The Morgan fingerprint density at radius 2 is 1.25 bits per heavy atom. The zero-order valence-corrected chi connectivity index (χ0v) is 2.89. The molecule has 0 aliphatic rings. The molecule has 2 heteroatoms. The van der Waals surface area contributed by atoms with Gasteiger partial charge in [0, 0.05) is 14.1 Å². The number of rotatable bonds is 0. The van der Waals surface area contributed by atoms with Crippen molar-refractivity contribution >= 4 is 0 Å². The molecule has 0 aromatic carbocycles. The lowest BCUT2D eigenvalue weighted by Crippen LogP contribution is -1.38. The van der Waals surface area contributed by atoms with Crippen molar-refractivity contribution in [3.05, 3.63) is 0 Å². The lowest BCUT2D eigenvalue weighted by Gasteiger charge is -1.54. The molecule has 2 nitrogen and oxygen atoms in total. The van der Waals surface area contributed by atoms with Gasteiger partial charge in [0.1, 0.15) is 0 Å². The van der Waals surface area contributed by atoms with Crippen LogP contribution in [0.4, 0.5) is 0 Å². The Labute approximate surface area is 25.6 Å². The lowest BCUT2D eigenvalue weighted by molar-refractivity contribution is 1.11. The van der Waals surface area contributed by atoms with Gasteiger partial charge in [-0.1, -0.05) is 0 Å². The van der Waals surface area contributed by atoms with Gasteiger partial charge in [-0.25, -0.2) is 0 Å². The van der Waals surface area contributed by atoms with Crippen LogP contribution in [0.2, 0.25) is 0 Å². The summed E-state index contributed by atoms with van der Waals surface area (Å²) >= 11 is 0. The second-order valence-corrected chi connectivity index (χ2v) is 0.400. The standard InChI is InChI=1S/C2H6N2/c1-3-4-2/h1-2H3. The van der Waals surface area contributed by atoms with Crippen LogP contribution in [0.15, 0.2) is 10.2 Å². The summed E-state index contributed by atoms with van der Waals surface area (Å²) in [6, 6.07) is 0. The minimum absolute atomic E-state index is 1.64. The summed E-state index contributed by atoms with van der Waals surface area (Å²) in [4.78, 5) is 0. The summed E-state index contributed by atoms with van der Waals surface area (Å²) in [6.07, 6.45) is 0. The van der Waals surface area contributed by atoms with E-state index in [1.165, 1.54) is 0 Å². The zero-order chi connectivity index (χ0) is 3.41. The fourth-order valence-electron chi connectivity index (χ4n) is 0. The average Bonchev–Trinajstić information content (AvgIpc) is 1.37. The zero-order valence-electron chi connectivity index (χ0n) is 2.89. The van der Waals surface area contributed by atoms with Gasteiger partial charge in [-0.05, 0) is 0 Å². The summed E-state index contributed by atoms with van der Waals surface area (Å²) in [5.41, 5.74) is 0. The molecule has 0 rings (SSSR count). The smallest absolute Gasteiger partial charge is 0.0487 e. The second-order valence-electron chi connectivity index (χ2n) is 0.400. The van der Waals surface area contributed by atoms with Crippen LogP contribution in [0.25, 0.3) is 0 Å². The molecular weight excluding hydrogens is 52.0 g/mol. The van der Waals surface area contributed by atoms with Gasteiger partial charge in [0.25, 0.3) is 0 Å². The van der Waals surface area contributed by atoms with E-state index in [0.717, 1.165) is 0 Å². The molecule has 0 radical (unpaired) electrons. The first-order valence-electron chi connectivity index (χ1n) is 1.09. The van der Waals surface area contributed by atoms with Crippen LogP contribution < -0.4 is 0 Å². The molecular formula is C2H6N2. The summed E-state index contributed by atoms with van der Waals surface area (Å²) < 4.78 is 0. The van der Waals surface area contributed by atoms with Gasteiger partial charge in [0.2, 0.25) is 0 Å². The van der Waals surface area contributed by atoms with Crippen LogP contribution in [-0.4, -0.2) is 14.1 Å². The average molecular weight is 58.1 g/mol. The molecule has 24 valence electrons. The molecule has 4 heavy (non-hydrogen) atoms. The third kappa shape index (κ3) is 1.60. The molecule has 0 spiro atoms. The number of hydrogen-bond acceptors (Lipinski definition) is 2. The quantitative estimate of drug-likeness (QED) is 0.366. The predicted octanol–water partition coefficient (Wildman–Crippen LogP) is 0.698. The van der Waals surface area contributed by atoms with E-state index in [0.29, 0.717) is 0 Å². The van der Waals surface area contributed by atoms with Gasteiger partial charge >= 0.3 is 0 Å². The number of nitrogens with zero attached hydrogens (tertiary/aromatic N) is 2. The van der Waals surface area contributed by atoms with Crippen LogP contribution in [0.5, 0.6) is 0 Å². The predicted molar refractivity (Wildman–Crippen MR) is 16.7 cm³/mol. The fraction of sp³-hybridized carbons (Fsp3) is 1.00. The van der Waals surface area contributed by atoms with Crippen molar-refractivity contribution in [1.29, 1.82) is 0 Å². The van der Waals surface area contributed by atoms with Crippen LogP contribution >= 0.6 is 0 Å². The molecule has 0 aromatic heterocycles. The highest BCUT2D eigenvalue weighted by atomic mass is 15.0. The number of azo groups is 1. The van der Waals surface area contributed by atoms with Gasteiger partial charge in [-0.3, -0.25) is 0 Å². The Balaban J connectivity index is 2.55. The van der Waals surface area contributed by atoms with E-state index in [9.17, 15) is 0 Å². The van der Waals surface area contributed by atoms with E-state index in [2.05, 4.69) is 10.2 Å². The molecule has 0 saturated heterocycles. The summed E-state index contributed by atoms with van der Waals surface area (Å²) in [7, 11) is 3.28. The van der Waals surface area contributed by atoms with Gasteiger partial charge in [-0.2, -0.15) is 10.2 Å². The Morgan fingerprint density at radius 1 is 1.00 bits per heavy atom. The Bertz CT molecular complexity index is 19.2. The van der Waals surface area contributed by atoms with Crippen molar-refractivity contribution in [3.8, 4) is 0 Å². The van der Waals surface area contributed by atoms with Gasteiger partial charge in [0.15, 0.2) is 0 Å². The molecule has 0 N–H and O–H groups in total. The van der Waals surface area contributed by atoms with E-state index >= 15 is 0 Å². The molecule has 0 aromatic rings. The van der Waals surface area contributed by atoms with Crippen molar-refractivity contribution in [2.45, 2.75) is 0 Å². The Morgan fingerprint density at radius 3 is 1.25 bits per heavy atom. The largest absolute Gasteiger partial charge is 0.198 e. The van der Waals surface area contributed by atoms with Gasteiger partial charge in [-0.15, -0.1) is 0 Å². The van der Waals surface area contributed by atoms with Crippen molar-refractivity contribution in [2.75, 3.05) is 14.1 Å². The molecule has 0 fully saturated rings. The van der Waals surface area contributed by atoms with E-state index in [-0.39, 0.29) is 0 Å². The van der Waals surface area contributed by atoms with Crippen LogP contribution in [0.3, 0.4) is 0 Å². The maximum atomic E-state index is 3.36. The third-order valence-electron chi connectivity index (χ3n) is 0.200. The monoisotopic (exact) mass is 58.1 g/mol. The minimum Gasteiger partial charge on any atom is -0.198 e. The Hall–Kier alpha value is -0.400. The summed E-state index contributed by atoms with van der Waals surface area (Å²) in [5, 5.41) is 6.72. The van der Waals surface area contributed by atoms with E-state index in [1.54, 1.807) is 14.1 Å². The topological polar surface area (TPSA) is 24.7 Å². The molecule has 0 saturated carbocycles. The highest BCUT2D eigenvalue weighted by Crippen LogP contribution is 1.48. The molecule has 0 bridgehead atoms. The second kappa shape index (κ2) is 2.60. The van der Waals surface area contributed by atoms with E-state index in [4.69, 9.17) is 0 Å². The SMILES string of the molecule is CN=NC. The summed E-state index contributed by atoms with van der Waals surface area (Å²) in [6.45, 7) is 0.